The second-order valence-corrected chi connectivity index (χ2v) is 7.22. The zero-order chi connectivity index (χ0) is 24.0. The largest absolute Gasteiger partial charge is 0.453 e. The fourth-order valence-electron chi connectivity index (χ4n) is 3.34. The molecule has 0 bridgehead atoms. The highest BCUT2D eigenvalue weighted by Gasteiger charge is 2.36. The number of nitrogens with zero attached hydrogens (tertiary/aromatic N) is 3. The number of anilines is 4. The van der Waals surface area contributed by atoms with E-state index in [4.69, 9.17) is 4.74 Å². The smallest absolute Gasteiger partial charge is 0.421 e. The van der Waals surface area contributed by atoms with Crippen molar-refractivity contribution in [3.63, 3.8) is 0 Å². The average Bonchev–Trinajstić information content (AvgIpc) is 2.79. The zero-order valence-corrected chi connectivity index (χ0v) is 17.8. The molecular weight excluding hydrogens is 441 g/mol. The van der Waals surface area contributed by atoms with Crippen LogP contribution in [0.25, 0.3) is 0 Å². The molecule has 0 saturated carbocycles. The first-order valence-electron chi connectivity index (χ1n) is 10.0. The third-order valence-electron chi connectivity index (χ3n) is 4.90. The fraction of sp³-hybridized carbons (Fsp3) is 0.333. The van der Waals surface area contributed by atoms with E-state index in [1.54, 1.807) is 12.1 Å². The molecule has 9 nitrogen and oxygen atoms in total. The van der Waals surface area contributed by atoms with Gasteiger partial charge in [-0.2, -0.15) is 18.2 Å². The van der Waals surface area contributed by atoms with Crippen LogP contribution in [0.4, 0.5) is 41.1 Å². The second kappa shape index (κ2) is 10.2. The monoisotopic (exact) mass is 464 g/mol. The number of amides is 2. The number of hydrogen-bond donors (Lipinski definition) is 3. The molecule has 12 heteroatoms. The molecule has 3 N–H and O–H groups in total. The molecule has 1 atom stereocenters. The number of nitrogens with one attached hydrogen (secondary N) is 3. The van der Waals surface area contributed by atoms with E-state index >= 15 is 0 Å². The van der Waals surface area contributed by atoms with Crippen LogP contribution in [0, 0.1) is 0 Å². The Morgan fingerprint density at radius 2 is 2.00 bits per heavy atom. The van der Waals surface area contributed by atoms with Crippen molar-refractivity contribution in [2.24, 2.45) is 0 Å². The van der Waals surface area contributed by atoms with E-state index in [0.717, 1.165) is 6.08 Å². The lowest BCUT2D eigenvalue weighted by Crippen LogP contribution is -2.45. The van der Waals surface area contributed by atoms with Gasteiger partial charge in [-0.3, -0.25) is 4.79 Å². The number of halogens is 3. The number of piperidine rings is 1. The van der Waals surface area contributed by atoms with Crippen LogP contribution in [0.15, 0.2) is 43.1 Å². The topological polar surface area (TPSA) is 108 Å². The van der Waals surface area contributed by atoms with Gasteiger partial charge in [0.15, 0.2) is 0 Å². The first kappa shape index (κ1) is 23.8. The van der Waals surface area contributed by atoms with E-state index in [9.17, 15) is 22.8 Å². The molecule has 2 aromatic rings. The molecule has 2 amide bonds. The Labute approximate surface area is 188 Å². The molecule has 0 aliphatic carbocycles. The predicted molar refractivity (Wildman–Crippen MR) is 116 cm³/mol. The van der Waals surface area contributed by atoms with Crippen molar-refractivity contribution >= 4 is 35.1 Å². The Kier molecular flexibility index (Phi) is 7.36. The van der Waals surface area contributed by atoms with Gasteiger partial charge in [-0.15, -0.1) is 0 Å². The van der Waals surface area contributed by atoms with Gasteiger partial charge in [0.05, 0.1) is 18.5 Å². The molecule has 2 heterocycles. The van der Waals surface area contributed by atoms with Crippen molar-refractivity contribution in [2.45, 2.75) is 25.1 Å². The van der Waals surface area contributed by atoms with Crippen LogP contribution >= 0.6 is 0 Å². The van der Waals surface area contributed by atoms with E-state index in [-0.39, 0.29) is 23.4 Å². The number of likely N-dealkylation sites (tertiary alicyclic amines) is 1. The number of alkyl halides is 3. The molecular formula is C21H23F3N6O3. The average molecular weight is 464 g/mol. The predicted octanol–water partition coefficient (Wildman–Crippen LogP) is 4.01. The quantitative estimate of drug-likeness (QED) is 0.555. The number of rotatable bonds is 6. The summed E-state index contributed by atoms with van der Waals surface area (Å²) in [6.45, 7) is 4.19. The van der Waals surface area contributed by atoms with Crippen LogP contribution in [0.1, 0.15) is 18.4 Å². The molecule has 1 aliphatic heterocycles. The summed E-state index contributed by atoms with van der Waals surface area (Å²) in [5.41, 5.74) is -0.611. The van der Waals surface area contributed by atoms with Gasteiger partial charge >= 0.3 is 12.3 Å². The summed E-state index contributed by atoms with van der Waals surface area (Å²) in [5.74, 6) is -1.03. The van der Waals surface area contributed by atoms with Crippen LogP contribution in [0.5, 0.6) is 0 Å². The molecule has 1 saturated heterocycles. The molecule has 33 heavy (non-hydrogen) atoms. The van der Waals surface area contributed by atoms with Gasteiger partial charge in [0, 0.05) is 25.3 Å². The SMILES string of the molecule is C=CC(=O)Nc1ccccc1Nc1nc(N[C@H]2CCCN(C(=O)OC)C2)ncc1C(F)(F)F. The number of hydrogen-bond acceptors (Lipinski definition) is 7. The van der Waals surface area contributed by atoms with E-state index in [2.05, 4.69) is 32.5 Å². The maximum Gasteiger partial charge on any atom is 0.421 e. The van der Waals surface area contributed by atoms with Crippen molar-refractivity contribution in [3.05, 3.63) is 48.7 Å². The van der Waals surface area contributed by atoms with Crippen LogP contribution in [-0.2, 0) is 15.7 Å². The molecule has 1 aromatic heterocycles. The third-order valence-corrected chi connectivity index (χ3v) is 4.90. The number of para-hydroxylation sites is 2. The molecule has 0 unspecified atom stereocenters. The third kappa shape index (κ3) is 6.11. The Morgan fingerprint density at radius 3 is 2.67 bits per heavy atom. The van der Waals surface area contributed by atoms with E-state index in [1.165, 1.54) is 24.1 Å². The fourth-order valence-corrected chi connectivity index (χ4v) is 3.34. The summed E-state index contributed by atoms with van der Waals surface area (Å²) in [7, 11) is 1.28. The summed E-state index contributed by atoms with van der Waals surface area (Å²) in [6, 6.07) is 5.99. The van der Waals surface area contributed by atoms with Crippen molar-refractivity contribution in [1.29, 1.82) is 0 Å². The minimum atomic E-state index is -4.72. The van der Waals surface area contributed by atoms with Gasteiger partial charge in [-0.1, -0.05) is 18.7 Å². The second-order valence-electron chi connectivity index (χ2n) is 7.22. The zero-order valence-electron chi connectivity index (χ0n) is 17.8. The van der Waals surface area contributed by atoms with Gasteiger partial charge in [0.1, 0.15) is 11.4 Å². The van der Waals surface area contributed by atoms with Crippen molar-refractivity contribution in [2.75, 3.05) is 36.1 Å². The maximum absolute atomic E-state index is 13.6. The van der Waals surface area contributed by atoms with E-state index in [0.29, 0.717) is 32.1 Å². The van der Waals surface area contributed by atoms with Gasteiger partial charge in [0.25, 0.3) is 0 Å². The number of benzene rings is 1. The molecule has 1 aromatic carbocycles. The van der Waals surface area contributed by atoms with Gasteiger partial charge in [-0.05, 0) is 31.1 Å². The number of aromatic nitrogens is 2. The lowest BCUT2D eigenvalue weighted by molar-refractivity contribution is -0.137. The number of ether oxygens (including phenoxy) is 1. The van der Waals surface area contributed by atoms with Crippen LogP contribution in [-0.4, -0.2) is 53.1 Å². The minimum absolute atomic E-state index is 0.0326. The van der Waals surface area contributed by atoms with E-state index < -0.39 is 29.6 Å². The molecule has 176 valence electrons. The summed E-state index contributed by atoms with van der Waals surface area (Å²) in [6.07, 6.45) is -2.09. The number of carbonyl (C=O) groups is 2. The van der Waals surface area contributed by atoms with Crippen LogP contribution < -0.4 is 16.0 Å². The standard InChI is InChI=1S/C21H23F3N6O3/c1-3-17(31)27-15-8-4-5-9-16(15)28-18-14(21(22,23)24)11-25-19(29-18)26-13-7-6-10-30(12-13)20(32)33-2/h3-5,8-9,11,13H,1,6-7,10,12H2,2H3,(H,27,31)(H2,25,26,28,29)/t13-/m0/s1. The summed E-state index contributed by atoms with van der Waals surface area (Å²) >= 11 is 0. The summed E-state index contributed by atoms with van der Waals surface area (Å²) in [5, 5.41) is 8.17. The number of methoxy groups -OCH3 is 1. The Morgan fingerprint density at radius 1 is 1.27 bits per heavy atom. The first-order chi connectivity index (χ1) is 15.7. The summed E-state index contributed by atoms with van der Waals surface area (Å²) < 4.78 is 45.5. The van der Waals surface area contributed by atoms with Crippen molar-refractivity contribution in [3.8, 4) is 0 Å². The lowest BCUT2D eigenvalue weighted by Gasteiger charge is -2.32. The van der Waals surface area contributed by atoms with Crippen molar-refractivity contribution in [1.82, 2.24) is 14.9 Å². The van der Waals surface area contributed by atoms with Gasteiger partial charge in [0.2, 0.25) is 11.9 Å². The molecule has 0 radical (unpaired) electrons. The maximum atomic E-state index is 13.6. The minimum Gasteiger partial charge on any atom is -0.453 e. The lowest BCUT2D eigenvalue weighted by atomic mass is 10.1. The molecule has 3 rings (SSSR count). The Bertz CT molecular complexity index is 1030. The summed E-state index contributed by atoms with van der Waals surface area (Å²) in [4.78, 5) is 32.8. The molecule has 0 spiro atoms. The Balaban J connectivity index is 1.87. The first-order valence-corrected chi connectivity index (χ1v) is 10.0. The highest BCUT2D eigenvalue weighted by atomic mass is 19.4. The van der Waals surface area contributed by atoms with Crippen LogP contribution in [0.3, 0.4) is 0 Å². The molecule has 1 aliphatic rings. The highest BCUT2D eigenvalue weighted by molar-refractivity contribution is 6.01. The van der Waals surface area contributed by atoms with Gasteiger partial charge < -0.3 is 25.6 Å². The van der Waals surface area contributed by atoms with E-state index in [1.807, 2.05) is 0 Å². The number of carbonyl (C=O) groups excluding carboxylic acids is 2. The Hall–Kier alpha value is -3.83. The highest BCUT2D eigenvalue weighted by Crippen LogP contribution is 2.36. The molecule has 1 fully saturated rings. The van der Waals surface area contributed by atoms with Crippen LogP contribution in [0.2, 0.25) is 0 Å². The normalized spacial score (nSPS) is 16.0. The van der Waals surface area contributed by atoms with Crippen molar-refractivity contribution < 1.29 is 27.5 Å². The van der Waals surface area contributed by atoms with Gasteiger partial charge in [-0.25, -0.2) is 9.78 Å².